The van der Waals surface area contributed by atoms with E-state index in [-0.39, 0.29) is 7.35 Å². The van der Waals surface area contributed by atoms with E-state index in [0.29, 0.717) is 6.04 Å². The Balaban J connectivity index is 3.49. The lowest BCUT2D eigenvalue weighted by Crippen LogP contribution is -2.28. The van der Waals surface area contributed by atoms with Crippen LogP contribution in [0.3, 0.4) is 0 Å². The van der Waals surface area contributed by atoms with E-state index < -0.39 is 0 Å². The first-order valence-electron chi connectivity index (χ1n) is 4.40. The Morgan fingerprint density at radius 2 is 2.17 bits per heavy atom. The van der Waals surface area contributed by atoms with Crippen LogP contribution in [0, 0.1) is 0 Å². The number of hydrogen-bond acceptors (Lipinski definition) is 3. The van der Waals surface area contributed by atoms with Crippen LogP contribution in [-0.2, 0) is 4.52 Å². The molecule has 1 N–H and O–H groups in total. The molecule has 0 aromatic carbocycles. The molecule has 0 amide bonds. The summed E-state index contributed by atoms with van der Waals surface area (Å²) in [5.41, 5.74) is 0. The average molecular weight is 209 g/mol. The second-order valence-electron chi connectivity index (χ2n) is 2.52. The van der Waals surface area contributed by atoms with E-state index >= 15 is 0 Å². The molecule has 0 heterocycles. The van der Waals surface area contributed by atoms with Gasteiger partial charge in [0.15, 0.2) is 0 Å². The number of likely N-dealkylation sites (N-methyl/N-ethyl adjacent to an activating group) is 1. The van der Waals surface area contributed by atoms with Crippen molar-refractivity contribution >= 4 is 18.7 Å². The number of rotatable bonds is 7. The smallest absolute Gasteiger partial charge is 0.0882 e. The van der Waals surface area contributed by atoms with E-state index in [2.05, 4.69) is 25.4 Å². The second kappa shape index (κ2) is 8.31. The highest BCUT2D eigenvalue weighted by atomic mass is 32.7. The van der Waals surface area contributed by atoms with E-state index in [1.54, 1.807) is 0 Å². The monoisotopic (exact) mass is 209 g/mol. The summed E-state index contributed by atoms with van der Waals surface area (Å²) in [6, 6.07) is 0.522. The maximum absolute atomic E-state index is 5.75. The molecule has 0 aliphatic heterocycles. The van der Waals surface area contributed by atoms with E-state index in [1.165, 1.54) is 0 Å². The Labute approximate surface area is 81.4 Å². The molecule has 74 valence electrons. The molecule has 0 aromatic heterocycles. The van der Waals surface area contributed by atoms with Gasteiger partial charge in [-0.05, 0) is 25.9 Å². The summed E-state index contributed by atoms with van der Waals surface area (Å²) in [6.07, 6.45) is 4.41. The van der Waals surface area contributed by atoms with Gasteiger partial charge in [0.25, 0.3) is 0 Å². The summed E-state index contributed by atoms with van der Waals surface area (Å²) in [4.78, 5) is 0. The summed E-state index contributed by atoms with van der Waals surface area (Å²) in [5, 5.41) is 3.23. The van der Waals surface area contributed by atoms with Crippen LogP contribution in [0.25, 0.3) is 0 Å². The van der Waals surface area contributed by atoms with E-state index in [0.717, 1.165) is 19.2 Å². The van der Waals surface area contributed by atoms with Crippen molar-refractivity contribution in [3.63, 3.8) is 0 Å². The zero-order chi connectivity index (χ0) is 9.40. The summed E-state index contributed by atoms with van der Waals surface area (Å²) < 4.78 is 5.75. The molecular weight excluding hydrogens is 189 g/mol. The number of nitrogens with one attached hydrogen (secondary N) is 1. The molecule has 0 rings (SSSR count). The van der Waals surface area contributed by atoms with Crippen molar-refractivity contribution in [3.8, 4) is 0 Å². The Morgan fingerprint density at radius 3 is 2.50 bits per heavy atom. The molecular formula is C8H20NOPS. The molecule has 0 radical (unpaired) electrons. The van der Waals surface area contributed by atoms with Crippen LogP contribution >= 0.6 is 18.7 Å². The van der Waals surface area contributed by atoms with Crippen molar-refractivity contribution in [1.82, 2.24) is 5.32 Å². The lowest BCUT2D eigenvalue weighted by molar-refractivity contribution is 0.298. The second-order valence-corrected chi connectivity index (χ2v) is 6.76. The Hall–Kier alpha value is 0.700. The molecule has 0 spiro atoms. The highest BCUT2D eigenvalue weighted by Crippen LogP contribution is 2.48. The van der Waals surface area contributed by atoms with Crippen LogP contribution in [0.15, 0.2) is 0 Å². The first-order chi connectivity index (χ1) is 5.78. The number of hydrogen-bond donors (Lipinski definition) is 1. The quantitative estimate of drug-likeness (QED) is 0.651. The van der Waals surface area contributed by atoms with Gasteiger partial charge in [-0.15, -0.1) is 11.4 Å². The highest BCUT2D eigenvalue weighted by Gasteiger charge is 2.08. The molecule has 4 heteroatoms. The molecule has 0 saturated heterocycles. The van der Waals surface area contributed by atoms with Crippen molar-refractivity contribution in [2.75, 3.05) is 26.1 Å². The van der Waals surface area contributed by atoms with Gasteiger partial charge in [0.05, 0.1) is 14.0 Å². The largest absolute Gasteiger partial charge is 0.347 e. The molecule has 2 nitrogen and oxygen atoms in total. The standard InChI is InChI=1S/C8H20NOPS/c1-5-8(9-3)7-10-11(6-2)12-4/h8-9H,5-7H2,1-4H3. The molecule has 2 atom stereocenters. The fourth-order valence-corrected chi connectivity index (χ4v) is 3.02. The third-order valence-electron chi connectivity index (χ3n) is 1.78. The van der Waals surface area contributed by atoms with Crippen LogP contribution in [-0.4, -0.2) is 32.1 Å². The van der Waals surface area contributed by atoms with Crippen LogP contribution in [0.1, 0.15) is 20.3 Å². The van der Waals surface area contributed by atoms with E-state index in [9.17, 15) is 0 Å². The van der Waals surface area contributed by atoms with Crippen molar-refractivity contribution in [1.29, 1.82) is 0 Å². The Morgan fingerprint density at radius 1 is 1.50 bits per heavy atom. The lowest BCUT2D eigenvalue weighted by Gasteiger charge is -2.18. The fraction of sp³-hybridized carbons (Fsp3) is 1.00. The summed E-state index contributed by atoms with van der Waals surface area (Å²) in [6.45, 7) is 5.22. The van der Waals surface area contributed by atoms with Crippen LogP contribution in [0.5, 0.6) is 0 Å². The molecule has 0 fully saturated rings. The zero-order valence-electron chi connectivity index (χ0n) is 8.46. The van der Waals surface area contributed by atoms with Crippen molar-refractivity contribution in [2.45, 2.75) is 26.3 Å². The predicted molar refractivity (Wildman–Crippen MR) is 60.1 cm³/mol. The van der Waals surface area contributed by atoms with Crippen LogP contribution in [0.4, 0.5) is 0 Å². The van der Waals surface area contributed by atoms with Gasteiger partial charge in [0.2, 0.25) is 0 Å². The Bertz CT molecular complexity index is 85.1. The van der Waals surface area contributed by atoms with Crippen molar-refractivity contribution in [3.05, 3.63) is 0 Å². The third-order valence-corrected chi connectivity index (χ3v) is 5.46. The van der Waals surface area contributed by atoms with Crippen LogP contribution < -0.4 is 5.32 Å². The topological polar surface area (TPSA) is 21.3 Å². The van der Waals surface area contributed by atoms with Gasteiger partial charge in [-0.3, -0.25) is 0 Å². The minimum absolute atomic E-state index is 0.224. The maximum Gasteiger partial charge on any atom is 0.0882 e. The van der Waals surface area contributed by atoms with E-state index in [4.69, 9.17) is 4.52 Å². The molecule has 0 aliphatic carbocycles. The van der Waals surface area contributed by atoms with Gasteiger partial charge in [-0.25, -0.2) is 0 Å². The van der Waals surface area contributed by atoms with Gasteiger partial charge >= 0.3 is 0 Å². The normalized spacial score (nSPS) is 16.0. The predicted octanol–water partition coefficient (Wildman–Crippen LogP) is 2.70. The molecule has 0 saturated carbocycles. The van der Waals surface area contributed by atoms with Gasteiger partial charge in [0, 0.05) is 6.04 Å². The minimum atomic E-state index is -0.224. The van der Waals surface area contributed by atoms with Crippen molar-refractivity contribution < 1.29 is 4.52 Å². The van der Waals surface area contributed by atoms with Crippen LogP contribution in [0.2, 0.25) is 0 Å². The van der Waals surface area contributed by atoms with Gasteiger partial charge in [0.1, 0.15) is 0 Å². The fourth-order valence-electron chi connectivity index (χ4n) is 0.852. The zero-order valence-corrected chi connectivity index (χ0v) is 10.2. The highest BCUT2D eigenvalue weighted by molar-refractivity contribution is 8.53. The minimum Gasteiger partial charge on any atom is -0.347 e. The summed E-state index contributed by atoms with van der Waals surface area (Å²) in [5.74, 6) is 0. The molecule has 0 aliphatic rings. The van der Waals surface area contributed by atoms with Crippen molar-refractivity contribution in [2.24, 2.45) is 0 Å². The molecule has 12 heavy (non-hydrogen) atoms. The molecule has 2 unspecified atom stereocenters. The third kappa shape index (κ3) is 5.36. The Kier molecular flexibility index (Phi) is 8.79. The maximum atomic E-state index is 5.75. The lowest BCUT2D eigenvalue weighted by atomic mass is 10.2. The summed E-state index contributed by atoms with van der Waals surface area (Å²) >= 11 is 1.85. The van der Waals surface area contributed by atoms with Gasteiger partial charge in [-0.2, -0.15) is 0 Å². The molecule has 0 bridgehead atoms. The molecule has 0 aromatic rings. The summed E-state index contributed by atoms with van der Waals surface area (Å²) in [7, 11) is 1.77. The van der Waals surface area contributed by atoms with E-state index in [1.807, 2.05) is 18.4 Å². The first-order valence-corrected chi connectivity index (χ1v) is 7.67. The van der Waals surface area contributed by atoms with Gasteiger partial charge < -0.3 is 9.84 Å². The SMILES string of the molecule is CCC(COP(CC)SC)NC. The van der Waals surface area contributed by atoms with Gasteiger partial charge in [-0.1, -0.05) is 13.8 Å². The average Bonchev–Trinajstić information content (AvgIpc) is 2.13. The first kappa shape index (κ1) is 12.7.